The van der Waals surface area contributed by atoms with E-state index in [9.17, 15) is 18.0 Å². The van der Waals surface area contributed by atoms with Crippen molar-refractivity contribution >= 4 is 17.5 Å². The number of hydrogen-bond donors (Lipinski definition) is 0. The van der Waals surface area contributed by atoms with Crippen LogP contribution in [-0.4, -0.2) is 63.2 Å². The molecule has 0 saturated carbocycles. The fraction of sp³-hybridized carbons (Fsp3) is 0.368. The molecule has 3 heterocycles. The number of alkyl halides is 3. The molecule has 0 radical (unpaired) electrons. The van der Waals surface area contributed by atoms with Gasteiger partial charge < -0.3 is 14.5 Å². The lowest BCUT2D eigenvalue weighted by molar-refractivity contribution is -0.141. The van der Waals surface area contributed by atoms with Gasteiger partial charge in [-0.05, 0) is 19.1 Å². The highest BCUT2D eigenvalue weighted by molar-refractivity contribution is 5.78. The number of carbonyl (C=O) groups is 1. The number of carbonyl (C=O) groups excluding carboxylic acids is 1. The monoisotopic (exact) mass is 420 g/mol. The van der Waals surface area contributed by atoms with Gasteiger partial charge in [-0.15, -0.1) is 0 Å². The quantitative estimate of drug-likeness (QED) is 0.644. The number of fused-ring (bicyclic) bond motifs is 1. The molecule has 0 N–H and O–H groups in total. The molecule has 1 aliphatic heterocycles. The van der Waals surface area contributed by atoms with Crippen LogP contribution >= 0.6 is 0 Å². The molecule has 1 aliphatic rings. The van der Waals surface area contributed by atoms with Gasteiger partial charge in [0.1, 0.15) is 17.9 Å². The van der Waals surface area contributed by atoms with Crippen LogP contribution in [0.1, 0.15) is 11.3 Å². The van der Waals surface area contributed by atoms with Gasteiger partial charge in [-0.3, -0.25) is 4.79 Å². The molecule has 3 aromatic rings. The molecule has 1 aromatic carbocycles. The van der Waals surface area contributed by atoms with E-state index < -0.39 is 11.9 Å². The Bertz CT molecular complexity index is 1040. The average molecular weight is 420 g/mol. The zero-order valence-corrected chi connectivity index (χ0v) is 16.1. The van der Waals surface area contributed by atoms with Crippen molar-refractivity contribution in [3.63, 3.8) is 0 Å². The zero-order chi connectivity index (χ0) is 21.3. The number of piperazine rings is 1. The Labute approximate surface area is 169 Å². The molecule has 30 heavy (non-hydrogen) atoms. The predicted octanol–water partition coefficient (Wildman–Crippen LogP) is 2.18. The number of aryl methyl sites for hydroxylation is 1. The lowest BCUT2D eigenvalue weighted by Crippen LogP contribution is -2.50. The van der Waals surface area contributed by atoms with Gasteiger partial charge in [0.05, 0.1) is 0 Å². The molecule has 0 spiro atoms. The molecule has 8 nitrogen and oxygen atoms in total. The molecule has 0 atom stereocenters. The molecule has 0 aliphatic carbocycles. The molecule has 11 heteroatoms. The van der Waals surface area contributed by atoms with E-state index in [4.69, 9.17) is 4.74 Å². The first-order valence-electron chi connectivity index (χ1n) is 9.31. The van der Waals surface area contributed by atoms with E-state index in [0.717, 1.165) is 18.0 Å². The van der Waals surface area contributed by atoms with Gasteiger partial charge in [-0.1, -0.05) is 17.7 Å². The van der Waals surface area contributed by atoms with Gasteiger partial charge in [0.2, 0.25) is 0 Å². The molecule has 1 saturated heterocycles. The highest BCUT2D eigenvalue weighted by atomic mass is 19.4. The summed E-state index contributed by atoms with van der Waals surface area (Å²) < 4.78 is 46.3. The number of ether oxygens (including phenoxy) is 1. The maximum absolute atomic E-state index is 13.2. The highest BCUT2D eigenvalue weighted by Crippen LogP contribution is 2.30. The van der Waals surface area contributed by atoms with E-state index in [1.165, 1.54) is 4.52 Å². The number of halogens is 3. The van der Waals surface area contributed by atoms with E-state index >= 15 is 0 Å². The topological polar surface area (TPSA) is 75.9 Å². The fourth-order valence-electron chi connectivity index (χ4n) is 3.22. The van der Waals surface area contributed by atoms with Crippen LogP contribution in [0.2, 0.25) is 0 Å². The van der Waals surface area contributed by atoms with Crippen LogP contribution in [0.15, 0.2) is 36.7 Å². The van der Waals surface area contributed by atoms with Gasteiger partial charge in [-0.25, -0.2) is 4.98 Å². The maximum Gasteiger partial charge on any atom is 0.433 e. The Morgan fingerprint density at radius 2 is 1.83 bits per heavy atom. The number of anilines is 1. The van der Waals surface area contributed by atoms with Crippen molar-refractivity contribution in [2.45, 2.75) is 13.1 Å². The second kappa shape index (κ2) is 7.81. The first-order chi connectivity index (χ1) is 14.3. The summed E-state index contributed by atoms with van der Waals surface area (Å²) in [7, 11) is 0. The molecular formula is C19H19F3N6O2. The second-order valence-electron chi connectivity index (χ2n) is 6.94. The van der Waals surface area contributed by atoms with Gasteiger partial charge in [0, 0.05) is 32.2 Å². The number of amides is 1. The highest BCUT2D eigenvalue weighted by Gasteiger charge is 2.35. The number of hydrogen-bond acceptors (Lipinski definition) is 6. The Morgan fingerprint density at radius 3 is 2.50 bits per heavy atom. The molecule has 1 amide bonds. The molecule has 0 unspecified atom stereocenters. The number of rotatable bonds is 4. The van der Waals surface area contributed by atoms with E-state index in [-0.39, 0.29) is 24.1 Å². The maximum atomic E-state index is 13.2. The first-order valence-corrected chi connectivity index (χ1v) is 9.31. The van der Waals surface area contributed by atoms with Crippen LogP contribution in [-0.2, 0) is 11.0 Å². The van der Waals surface area contributed by atoms with Crippen molar-refractivity contribution in [1.29, 1.82) is 0 Å². The average Bonchev–Trinajstić information content (AvgIpc) is 3.21. The number of benzene rings is 1. The smallest absolute Gasteiger partial charge is 0.433 e. The Kier molecular flexibility index (Phi) is 5.18. The molecule has 4 rings (SSSR count). The summed E-state index contributed by atoms with van der Waals surface area (Å²) in [5.41, 5.74) is 0.0686. The summed E-state index contributed by atoms with van der Waals surface area (Å²) in [6.45, 7) is 3.29. The lowest BCUT2D eigenvalue weighted by Gasteiger charge is -2.36. The van der Waals surface area contributed by atoms with E-state index in [0.29, 0.717) is 31.9 Å². The van der Waals surface area contributed by atoms with Crippen LogP contribution < -0.4 is 9.64 Å². The standard InChI is InChI=1S/C19H19F3N6O2/c1-13-2-4-14(5-3-13)30-11-17(29)27-8-6-26(7-9-27)16-10-15(19(20,21)22)25-18-23-12-24-28(16)18/h2-5,10,12H,6-9,11H2,1H3. The minimum atomic E-state index is -4.59. The number of aromatic nitrogens is 4. The van der Waals surface area contributed by atoms with Crippen molar-refractivity contribution < 1.29 is 22.7 Å². The van der Waals surface area contributed by atoms with Crippen LogP contribution in [0.5, 0.6) is 5.75 Å². The molecule has 2 aromatic heterocycles. The van der Waals surface area contributed by atoms with Gasteiger partial charge >= 0.3 is 6.18 Å². The summed E-state index contributed by atoms with van der Waals surface area (Å²) in [4.78, 5) is 23.1. The van der Waals surface area contributed by atoms with E-state index in [1.807, 2.05) is 19.1 Å². The summed E-state index contributed by atoms with van der Waals surface area (Å²) >= 11 is 0. The van der Waals surface area contributed by atoms with Gasteiger partial charge in [0.25, 0.3) is 11.7 Å². The van der Waals surface area contributed by atoms with Crippen LogP contribution in [0.4, 0.5) is 19.0 Å². The number of nitrogens with zero attached hydrogens (tertiary/aromatic N) is 6. The Morgan fingerprint density at radius 1 is 1.13 bits per heavy atom. The van der Waals surface area contributed by atoms with Crippen molar-refractivity contribution in [3.8, 4) is 5.75 Å². The zero-order valence-electron chi connectivity index (χ0n) is 16.1. The van der Waals surface area contributed by atoms with Crippen molar-refractivity contribution in [1.82, 2.24) is 24.5 Å². The normalized spacial score (nSPS) is 14.9. The first kappa shape index (κ1) is 19.9. The van der Waals surface area contributed by atoms with E-state index in [1.54, 1.807) is 21.9 Å². The summed E-state index contributed by atoms with van der Waals surface area (Å²) in [6.07, 6.45) is -3.43. The lowest BCUT2D eigenvalue weighted by atomic mass is 10.2. The van der Waals surface area contributed by atoms with Crippen molar-refractivity contribution in [2.24, 2.45) is 0 Å². The predicted molar refractivity (Wildman–Crippen MR) is 101 cm³/mol. The molecular weight excluding hydrogens is 401 g/mol. The molecule has 1 fully saturated rings. The summed E-state index contributed by atoms with van der Waals surface area (Å²) in [5, 5.41) is 3.97. The Balaban J connectivity index is 1.41. The van der Waals surface area contributed by atoms with Crippen molar-refractivity contribution in [3.05, 3.63) is 47.9 Å². The van der Waals surface area contributed by atoms with Crippen molar-refractivity contribution in [2.75, 3.05) is 37.7 Å². The van der Waals surface area contributed by atoms with Gasteiger partial charge in [0.15, 0.2) is 12.3 Å². The minimum absolute atomic E-state index is 0.0934. The Hall–Kier alpha value is -3.37. The molecule has 0 bridgehead atoms. The third-order valence-electron chi connectivity index (χ3n) is 4.86. The van der Waals surface area contributed by atoms with Crippen LogP contribution in [0.3, 0.4) is 0 Å². The van der Waals surface area contributed by atoms with Crippen LogP contribution in [0.25, 0.3) is 5.78 Å². The third-order valence-corrected chi connectivity index (χ3v) is 4.86. The summed E-state index contributed by atoms with van der Waals surface area (Å²) in [5.74, 6) is 0.558. The summed E-state index contributed by atoms with van der Waals surface area (Å²) in [6, 6.07) is 8.34. The third kappa shape index (κ3) is 4.14. The van der Waals surface area contributed by atoms with E-state index in [2.05, 4.69) is 15.1 Å². The fourth-order valence-corrected chi connectivity index (χ4v) is 3.22. The van der Waals surface area contributed by atoms with Crippen LogP contribution in [0, 0.1) is 6.92 Å². The largest absolute Gasteiger partial charge is 0.484 e. The second-order valence-corrected chi connectivity index (χ2v) is 6.94. The molecule has 158 valence electrons. The minimum Gasteiger partial charge on any atom is -0.484 e. The van der Waals surface area contributed by atoms with Gasteiger partial charge in [-0.2, -0.15) is 27.8 Å². The SMILES string of the molecule is Cc1ccc(OCC(=O)N2CCN(c3cc(C(F)(F)F)nc4ncnn34)CC2)cc1.